The van der Waals surface area contributed by atoms with E-state index in [-0.39, 0.29) is 5.56 Å². The Morgan fingerprint density at radius 3 is 2.83 bits per heavy atom. The lowest BCUT2D eigenvalue weighted by Crippen LogP contribution is -2.10. The van der Waals surface area contributed by atoms with Crippen molar-refractivity contribution in [1.29, 1.82) is 0 Å². The monoisotopic (exact) mass is 255 g/mol. The van der Waals surface area contributed by atoms with Crippen molar-refractivity contribution in [2.24, 2.45) is 0 Å². The summed E-state index contributed by atoms with van der Waals surface area (Å²) in [5.41, 5.74) is 0.117. The lowest BCUT2D eigenvalue weighted by molar-refractivity contribution is 0.0595. The van der Waals surface area contributed by atoms with Gasteiger partial charge in [-0.15, -0.1) is 0 Å². The summed E-state index contributed by atoms with van der Waals surface area (Å²) in [7, 11) is 3.14. The van der Waals surface area contributed by atoms with Gasteiger partial charge < -0.3 is 14.8 Å². The molecule has 1 rings (SSSR count). The first-order valence-electron chi connectivity index (χ1n) is 5.84. The van der Waals surface area contributed by atoms with Crippen LogP contribution in [0.25, 0.3) is 0 Å². The van der Waals surface area contributed by atoms with E-state index in [2.05, 4.69) is 10.1 Å². The van der Waals surface area contributed by atoms with Gasteiger partial charge in [0.1, 0.15) is 17.1 Å². The van der Waals surface area contributed by atoms with Gasteiger partial charge in [0.15, 0.2) is 0 Å². The summed E-state index contributed by atoms with van der Waals surface area (Å²) in [6.45, 7) is 1.40. The molecule has 0 atom stereocenters. The van der Waals surface area contributed by atoms with Crippen LogP contribution in [-0.2, 0) is 4.74 Å². The first-order chi connectivity index (χ1) is 8.69. The van der Waals surface area contributed by atoms with Gasteiger partial charge >= 0.3 is 5.97 Å². The first-order valence-corrected chi connectivity index (χ1v) is 5.84. The Morgan fingerprint density at radius 2 is 2.17 bits per heavy atom. The van der Waals surface area contributed by atoms with Crippen molar-refractivity contribution in [3.05, 3.63) is 29.6 Å². The second kappa shape index (κ2) is 7.66. The minimum absolute atomic E-state index is 0.117. The molecule has 0 bridgehead atoms. The molecule has 1 N–H and O–H groups in total. The van der Waals surface area contributed by atoms with Crippen molar-refractivity contribution in [3.8, 4) is 5.75 Å². The number of hydrogen-bond donors (Lipinski definition) is 1. The number of carbonyl (C=O) groups is 1. The molecular formula is C13H18FNO3. The van der Waals surface area contributed by atoms with Crippen molar-refractivity contribution < 1.29 is 18.7 Å². The van der Waals surface area contributed by atoms with Crippen LogP contribution in [0, 0.1) is 5.82 Å². The minimum Gasteiger partial charge on any atom is -0.493 e. The molecular weight excluding hydrogens is 237 g/mol. The molecule has 0 aliphatic carbocycles. The second-order valence-corrected chi connectivity index (χ2v) is 3.79. The highest BCUT2D eigenvalue weighted by Gasteiger charge is 2.14. The van der Waals surface area contributed by atoms with Crippen molar-refractivity contribution in [2.75, 3.05) is 27.3 Å². The Morgan fingerprint density at radius 1 is 1.39 bits per heavy atom. The third-order valence-electron chi connectivity index (χ3n) is 2.43. The Bertz CT molecular complexity index is 396. The average Bonchev–Trinajstić information content (AvgIpc) is 2.39. The van der Waals surface area contributed by atoms with E-state index >= 15 is 0 Å². The third-order valence-corrected chi connectivity index (χ3v) is 2.43. The molecule has 4 nitrogen and oxygen atoms in total. The number of carbonyl (C=O) groups excluding carboxylic acids is 1. The molecule has 0 heterocycles. The molecule has 5 heteroatoms. The largest absolute Gasteiger partial charge is 0.493 e. The summed E-state index contributed by atoms with van der Waals surface area (Å²) in [5.74, 6) is -0.731. The van der Waals surface area contributed by atoms with Gasteiger partial charge in [-0.2, -0.15) is 0 Å². The smallest absolute Gasteiger partial charge is 0.341 e. The van der Waals surface area contributed by atoms with E-state index in [0.717, 1.165) is 25.5 Å². The van der Waals surface area contributed by atoms with Crippen LogP contribution < -0.4 is 10.1 Å². The molecule has 1 aromatic rings. The average molecular weight is 255 g/mol. The zero-order chi connectivity index (χ0) is 13.4. The molecule has 0 unspecified atom stereocenters. The lowest BCUT2D eigenvalue weighted by atomic mass is 10.2. The van der Waals surface area contributed by atoms with E-state index in [1.165, 1.54) is 19.2 Å². The van der Waals surface area contributed by atoms with Gasteiger partial charge in [-0.05, 0) is 44.6 Å². The predicted molar refractivity (Wildman–Crippen MR) is 66.4 cm³/mol. The van der Waals surface area contributed by atoms with E-state index in [4.69, 9.17) is 4.74 Å². The number of nitrogens with one attached hydrogen (secondary N) is 1. The molecule has 0 amide bonds. The summed E-state index contributed by atoms with van der Waals surface area (Å²) in [6, 6.07) is 3.82. The highest BCUT2D eigenvalue weighted by atomic mass is 19.1. The molecule has 1 aromatic carbocycles. The molecule has 0 aliphatic rings. The summed E-state index contributed by atoms with van der Waals surface area (Å²) < 4.78 is 23.1. The van der Waals surface area contributed by atoms with E-state index in [9.17, 15) is 9.18 Å². The van der Waals surface area contributed by atoms with Crippen molar-refractivity contribution in [1.82, 2.24) is 5.32 Å². The van der Waals surface area contributed by atoms with E-state index < -0.39 is 11.8 Å². The molecule has 0 aliphatic heterocycles. The zero-order valence-electron chi connectivity index (χ0n) is 10.7. The number of hydrogen-bond acceptors (Lipinski definition) is 4. The first kappa shape index (κ1) is 14.4. The predicted octanol–water partition coefficient (Wildman–Crippen LogP) is 1.99. The Labute approximate surface area is 106 Å². The second-order valence-electron chi connectivity index (χ2n) is 3.79. The molecule has 0 radical (unpaired) electrons. The fourth-order valence-electron chi connectivity index (χ4n) is 1.48. The van der Waals surface area contributed by atoms with Crippen LogP contribution >= 0.6 is 0 Å². The fraction of sp³-hybridized carbons (Fsp3) is 0.462. The van der Waals surface area contributed by atoms with Gasteiger partial charge in [-0.25, -0.2) is 9.18 Å². The maximum absolute atomic E-state index is 13.1. The summed E-state index contributed by atoms with van der Waals surface area (Å²) in [4.78, 5) is 11.4. The lowest BCUT2D eigenvalue weighted by Gasteiger charge is -2.10. The Hall–Kier alpha value is -1.62. The number of ether oxygens (including phenoxy) is 2. The summed E-state index contributed by atoms with van der Waals surface area (Å²) in [5, 5.41) is 3.03. The SMILES string of the molecule is CNCCCCOc1ccc(F)cc1C(=O)OC. The van der Waals surface area contributed by atoms with Crippen molar-refractivity contribution in [3.63, 3.8) is 0 Å². The maximum Gasteiger partial charge on any atom is 0.341 e. The summed E-state index contributed by atoms with van der Waals surface area (Å²) in [6.07, 6.45) is 1.84. The molecule has 18 heavy (non-hydrogen) atoms. The highest BCUT2D eigenvalue weighted by Crippen LogP contribution is 2.20. The number of rotatable bonds is 7. The van der Waals surface area contributed by atoms with Crippen LogP contribution in [0.1, 0.15) is 23.2 Å². The van der Waals surface area contributed by atoms with Crippen LogP contribution in [0.3, 0.4) is 0 Å². The van der Waals surface area contributed by atoms with Gasteiger partial charge in [0.2, 0.25) is 0 Å². The van der Waals surface area contributed by atoms with Crippen LogP contribution in [-0.4, -0.2) is 33.3 Å². The van der Waals surface area contributed by atoms with Gasteiger partial charge in [0.25, 0.3) is 0 Å². The minimum atomic E-state index is -0.597. The molecule has 0 fully saturated rings. The Kier molecular flexibility index (Phi) is 6.14. The molecule has 0 spiro atoms. The highest BCUT2D eigenvalue weighted by molar-refractivity contribution is 5.92. The fourth-order valence-corrected chi connectivity index (χ4v) is 1.48. The molecule has 0 aromatic heterocycles. The van der Waals surface area contributed by atoms with Gasteiger partial charge in [-0.3, -0.25) is 0 Å². The van der Waals surface area contributed by atoms with E-state index in [0.29, 0.717) is 12.4 Å². The number of esters is 1. The summed E-state index contributed by atoms with van der Waals surface area (Å²) >= 11 is 0. The normalized spacial score (nSPS) is 10.2. The van der Waals surface area contributed by atoms with Crippen molar-refractivity contribution >= 4 is 5.97 Å². The van der Waals surface area contributed by atoms with Crippen LogP contribution in [0.4, 0.5) is 4.39 Å². The van der Waals surface area contributed by atoms with Crippen LogP contribution in [0.2, 0.25) is 0 Å². The van der Waals surface area contributed by atoms with E-state index in [1.807, 2.05) is 7.05 Å². The van der Waals surface area contributed by atoms with Crippen LogP contribution in [0.15, 0.2) is 18.2 Å². The standard InChI is InChI=1S/C13H18FNO3/c1-15-7-3-4-8-18-12-6-5-10(14)9-11(12)13(16)17-2/h5-6,9,15H,3-4,7-8H2,1-2H3. The number of methoxy groups -OCH3 is 1. The quantitative estimate of drug-likeness (QED) is 0.598. The van der Waals surface area contributed by atoms with Gasteiger partial charge in [-0.1, -0.05) is 0 Å². The number of benzene rings is 1. The third kappa shape index (κ3) is 4.33. The van der Waals surface area contributed by atoms with Crippen LogP contribution in [0.5, 0.6) is 5.75 Å². The molecule has 100 valence electrons. The van der Waals surface area contributed by atoms with E-state index in [1.54, 1.807) is 0 Å². The van der Waals surface area contributed by atoms with Gasteiger partial charge in [0.05, 0.1) is 13.7 Å². The van der Waals surface area contributed by atoms with Gasteiger partial charge in [0, 0.05) is 0 Å². The maximum atomic E-state index is 13.1. The Balaban J connectivity index is 2.61. The number of halogens is 1. The zero-order valence-corrected chi connectivity index (χ0v) is 10.7. The molecule has 0 saturated carbocycles. The number of unbranched alkanes of at least 4 members (excludes halogenated alkanes) is 1. The molecule has 0 saturated heterocycles. The topological polar surface area (TPSA) is 47.6 Å². The van der Waals surface area contributed by atoms with Crippen molar-refractivity contribution in [2.45, 2.75) is 12.8 Å².